The van der Waals surface area contributed by atoms with Crippen LogP contribution in [0.4, 0.5) is 0 Å². The Bertz CT molecular complexity index is 970. The normalized spacial score (nSPS) is 15.1. The first-order valence-electron chi connectivity index (χ1n) is 12.8. The van der Waals surface area contributed by atoms with Gasteiger partial charge in [0.1, 0.15) is 6.29 Å². The van der Waals surface area contributed by atoms with Gasteiger partial charge in [0, 0.05) is 19.7 Å². The Labute approximate surface area is 214 Å². The van der Waals surface area contributed by atoms with Crippen molar-refractivity contribution in [2.24, 2.45) is 11.8 Å². The molecule has 36 heavy (non-hydrogen) atoms. The molecular weight excluding hydrogens is 456 g/mol. The van der Waals surface area contributed by atoms with E-state index in [1.54, 1.807) is 25.1 Å². The van der Waals surface area contributed by atoms with E-state index in [2.05, 4.69) is 36.9 Å². The first-order valence-corrected chi connectivity index (χ1v) is 12.8. The number of nitrogens with zero attached hydrogens (tertiary/aromatic N) is 2. The summed E-state index contributed by atoms with van der Waals surface area (Å²) in [6.45, 7) is 4.38. The fourth-order valence-corrected chi connectivity index (χ4v) is 5.16. The maximum Gasteiger partial charge on any atom is 0.240 e. The molecule has 2 atom stereocenters. The largest absolute Gasteiger partial charge is 0.381 e. The van der Waals surface area contributed by atoms with Crippen molar-refractivity contribution in [2.75, 3.05) is 21.1 Å². The minimum absolute atomic E-state index is 0.0630. The summed E-state index contributed by atoms with van der Waals surface area (Å²) < 4.78 is 0. The second-order valence-electron chi connectivity index (χ2n) is 9.57. The Balaban J connectivity index is 1.90. The lowest BCUT2D eigenvalue weighted by Gasteiger charge is -2.37. The SMILES string of the molecule is CCC(CC)C(C=O)N(Cc1ccccc1ONON(C)C)C(=O)C(NC)C1Cc2ccccc2C1. The van der Waals surface area contributed by atoms with Crippen LogP contribution in [0.2, 0.25) is 0 Å². The molecular formula is C28H40N4O4. The van der Waals surface area contributed by atoms with Crippen LogP contribution in [0.1, 0.15) is 43.4 Å². The lowest BCUT2D eigenvalue weighted by Crippen LogP contribution is -2.54. The van der Waals surface area contributed by atoms with Crippen LogP contribution in [0.25, 0.3) is 0 Å². The van der Waals surface area contributed by atoms with Gasteiger partial charge in [-0.1, -0.05) is 69.2 Å². The molecule has 0 aliphatic heterocycles. The molecule has 0 saturated heterocycles. The van der Waals surface area contributed by atoms with Gasteiger partial charge in [-0.3, -0.25) is 4.79 Å². The third-order valence-electron chi connectivity index (χ3n) is 7.13. The highest BCUT2D eigenvalue weighted by molar-refractivity contribution is 5.85. The zero-order valence-electron chi connectivity index (χ0n) is 22.1. The molecule has 8 heteroatoms. The number of carbonyl (C=O) groups is 2. The van der Waals surface area contributed by atoms with E-state index >= 15 is 0 Å². The minimum atomic E-state index is -0.536. The number of fused-ring (bicyclic) bond motifs is 1. The van der Waals surface area contributed by atoms with Gasteiger partial charge in [-0.15, -0.1) is 0 Å². The molecule has 1 amide bonds. The fourth-order valence-electron chi connectivity index (χ4n) is 5.16. The fraction of sp³-hybridized carbons (Fsp3) is 0.500. The molecule has 2 N–H and O–H groups in total. The first kappa shape index (κ1) is 27.8. The summed E-state index contributed by atoms with van der Waals surface area (Å²) in [5.74, 6) is 0.651. The Morgan fingerprint density at radius 3 is 2.22 bits per heavy atom. The number of rotatable bonds is 14. The van der Waals surface area contributed by atoms with E-state index in [0.29, 0.717) is 5.75 Å². The molecule has 2 aromatic rings. The van der Waals surface area contributed by atoms with Crippen LogP contribution in [0.5, 0.6) is 5.75 Å². The number of carbonyl (C=O) groups excluding carboxylic acids is 2. The minimum Gasteiger partial charge on any atom is -0.381 e. The molecule has 0 bridgehead atoms. The zero-order chi connectivity index (χ0) is 26.1. The maximum absolute atomic E-state index is 14.2. The molecule has 3 rings (SSSR count). The third-order valence-corrected chi connectivity index (χ3v) is 7.13. The number of para-hydroxylation sites is 1. The van der Waals surface area contributed by atoms with Crippen LogP contribution in [0, 0.1) is 11.8 Å². The quantitative estimate of drug-likeness (QED) is 0.307. The second-order valence-corrected chi connectivity index (χ2v) is 9.57. The molecule has 196 valence electrons. The summed E-state index contributed by atoms with van der Waals surface area (Å²) in [6.07, 6.45) is 4.22. The van der Waals surface area contributed by atoms with Crippen molar-refractivity contribution < 1.29 is 19.4 Å². The van der Waals surface area contributed by atoms with Crippen LogP contribution in [-0.2, 0) is 33.9 Å². The molecule has 0 fully saturated rings. The summed E-state index contributed by atoms with van der Waals surface area (Å²) >= 11 is 0. The van der Waals surface area contributed by atoms with Crippen molar-refractivity contribution in [1.29, 1.82) is 0 Å². The Morgan fingerprint density at radius 2 is 1.67 bits per heavy atom. The monoisotopic (exact) mass is 496 g/mol. The van der Waals surface area contributed by atoms with E-state index in [-0.39, 0.29) is 24.3 Å². The predicted octanol–water partition coefficient (Wildman–Crippen LogP) is 3.31. The van der Waals surface area contributed by atoms with Crippen molar-refractivity contribution >= 4 is 12.2 Å². The van der Waals surface area contributed by atoms with Gasteiger partial charge in [-0.05, 0) is 54.6 Å². The number of likely N-dealkylation sites (N-methyl/N-ethyl adjacent to an activating group) is 1. The highest BCUT2D eigenvalue weighted by atomic mass is 17.0. The van der Waals surface area contributed by atoms with Crippen molar-refractivity contribution in [3.05, 3.63) is 65.2 Å². The van der Waals surface area contributed by atoms with Gasteiger partial charge >= 0.3 is 0 Å². The van der Waals surface area contributed by atoms with Gasteiger partial charge in [-0.25, -0.2) is 0 Å². The number of amides is 1. The molecule has 8 nitrogen and oxygen atoms in total. The standard InChI is InChI=1S/C28H40N4O4/c1-6-20(7-2)25(19-33)32(18-23-14-10-11-15-26(23)35-30-36-31(4)5)28(34)27(29-3)24-16-21-12-8-9-13-22(21)17-24/h8-15,19-20,24-25,27,29-30H,6-7,16-18H2,1-5H3. The predicted molar refractivity (Wildman–Crippen MR) is 140 cm³/mol. The second kappa shape index (κ2) is 13.5. The molecule has 0 spiro atoms. The number of aldehydes is 1. The van der Waals surface area contributed by atoms with Crippen LogP contribution >= 0.6 is 0 Å². The lowest BCUT2D eigenvalue weighted by molar-refractivity contribution is -0.253. The summed E-state index contributed by atoms with van der Waals surface area (Å²) in [5.41, 5.74) is 5.83. The maximum atomic E-state index is 14.2. The number of benzene rings is 2. The molecule has 2 aromatic carbocycles. The average molecular weight is 497 g/mol. The summed E-state index contributed by atoms with van der Waals surface area (Å²) in [4.78, 5) is 39.2. The van der Waals surface area contributed by atoms with Crippen molar-refractivity contribution in [3.63, 3.8) is 0 Å². The van der Waals surface area contributed by atoms with E-state index in [1.165, 1.54) is 16.2 Å². The van der Waals surface area contributed by atoms with Gasteiger partial charge in [0.2, 0.25) is 5.91 Å². The molecule has 2 unspecified atom stereocenters. The molecule has 0 saturated carbocycles. The van der Waals surface area contributed by atoms with E-state index in [1.807, 2.05) is 37.4 Å². The summed E-state index contributed by atoms with van der Waals surface area (Å²) in [6, 6.07) is 14.9. The van der Waals surface area contributed by atoms with Crippen molar-refractivity contribution in [3.8, 4) is 5.75 Å². The van der Waals surface area contributed by atoms with Crippen LogP contribution in [0.3, 0.4) is 0 Å². The van der Waals surface area contributed by atoms with Crippen LogP contribution in [-0.4, -0.2) is 55.4 Å². The van der Waals surface area contributed by atoms with Gasteiger partial charge in [0.25, 0.3) is 0 Å². The zero-order valence-corrected chi connectivity index (χ0v) is 22.1. The number of hydrogen-bond acceptors (Lipinski definition) is 7. The number of hydroxylamine groups is 2. The lowest BCUT2D eigenvalue weighted by atomic mass is 9.90. The van der Waals surface area contributed by atoms with Gasteiger partial charge < -0.3 is 19.8 Å². The molecule has 0 radical (unpaired) electrons. The molecule has 1 aliphatic rings. The van der Waals surface area contributed by atoms with Crippen molar-refractivity contribution in [2.45, 2.75) is 58.2 Å². The Kier molecular flexibility index (Phi) is 10.4. The van der Waals surface area contributed by atoms with Crippen LogP contribution in [0.15, 0.2) is 48.5 Å². The number of nitrogens with one attached hydrogen (secondary N) is 2. The topological polar surface area (TPSA) is 83.1 Å². The smallest absolute Gasteiger partial charge is 0.240 e. The van der Waals surface area contributed by atoms with Crippen LogP contribution < -0.4 is 15.8 Å². The molecule has 0 heterocycles. The molecule has 0 aromatic heterocycles. The van der Waals surface area contributed by atoms with Crippen molar-refractivity contribution in [1.82, 2.24) is 20.9 Å². The van der Waals surface area contributed by atoms with E-state index in [0.717, 1.165) is 37.5 Å². The van der Waals surface area contributed by atoms with E-state index in [4.69, 9.17) is 9.78 Å². The average Bonchev–Trinajstić information content (AvgIpc) is 3.31. The first-order chi connectivity index (χ1) is 17.4. The Hall–Kier alpha value is -2.78. The third kappa shape index (κ3) is 6.70. The number of hydrogen-bond donors (Lipinski definition) is 2. The summed E-state index contributed by atoms with van der Waals surface area (Å²) in [7, 11) is 5.29. The highest BCUT2D eigenvalue weighted by Crippen LogP contribution is 2.31. The van der Waals surface area contributed by atoms with Gasteiger partial charge in [-0.2, -0.15) is 10.0 Å². The van der Waals surface area contributed by atoms with Gasteiger partial charge in [0.15, 0.2) is 5.75 Å². The summed E-state index contributed by atoms with van der Waals surface area (Å²) in [5, 5.41) is 4.75. The van der Waals surface area contributed by atoms with E-state index < -0.39 is 12.1 Å². The highest BCUT2D eigenvalue weighted by Gasteiger charge is 2.38. The Morgan fingerprint density at radius 1 is 1.06 bits per heavy atom. The van der Waals surface area contributed by atoms with E-state index in [9.17, 15) is 9.59 Å². The van der Waals surface area contributed by atoms with Gasteiger partial charge in [0.05, 0.1) is 18.6 Å². The molecule has 1 aliphatic carbocycles.